The minimum absolute atomic E-state index is 0.0530. The molecule has 0 aromatic rings. The normalized spacial score (nSPS) is 14.3. The van der Waals surface area contributed by atoms with Gasteiger partial charge >= 0.3 is 18.0 Å². The minimum Gasteiger partial charge on any atom is -0.481 e. The molecule has 0 saturated heterocycles. The van der Waals surface area contributed by atoms with Crippen molar-refractivity contribution >= 4 is 18.0 Å². The fraction of sp³-hybridized carbons (Fsp3) is 0.833. The molecule has 0 saturated carbocycles. The highest BCUT2D eigenvalue weighted by molar-refractivity contribution is 5.81. The molecule has 2 atom stereocenters. The molecule has 0 aliphatic heterocycles. The number of hydrogen-bond acceptors (Lipinski definition) is 5. The molecule has 0 heterocycles. The van der Waals surface area contributed by atoms with Gasteiger partial charge in [-0.1, -0.05) is 0 Å². The summed E-state index contributed by atoms with van der Waals surface area (Å²) in [6, 6.07) is -1.05. The van der Waals surface area contributed by atoms with E-state index in [4.69, 9.17) is 9.47 Å². The van der Waals surface area contributed by atoms with Crippen molar-refractivity contribution in [3.05, 3.63) is 0 Å². The summed E-state index contributed by atoms with van der Waals surface area (Å²) in [4.78, 5) is 35.6. The zero-order valence-corrected chi connectivity index (χ0v) is 16.6. The van der Waals surface area contributed by atoms with Gasteiger partial charge in [0, 0.05) is 0 Å². The predicted octanol–water partition coefficient (Wildman–Crippen LogP) is 3.45. The Bertz CT molecular complexity index is 481. The number of rotatable bonds is 9. The summed E-state index contributed by atoms with van der Waals surface area (Å²) in [6.07, 6.45) is -0.330. The summed E-state index contributed by atoms with van der Waals surface area (Å²) in [6.45, 7) is 9.53. The van der Waals surface area contributed by atoms with Crippen LogP contribution in [-0.4, -0.2) is 47.1 Å². The molecule has 1 amide bonds. The number of ether oxygens (including phenoxy) is 2. The Morgan fingerprint density at radius 3 is 1.92 bits per heavy atom. The monoisotopic (exact) mass is 377 g/mol. The van der Waals surface area contributed by atoms with E-state index >= 15 is 0 Å². The summed E-state index contributed by atoms with van der Waals surface area (Å²) < 4.78 is 22.8. The van der Waals surface area contributed by atoms with Crippen LogP contribution < -0.4 is 5.32 Å². The van der Waals surface area contributed by atoms with E-state index < -0.39 is 47.9 Å². The largest absolute Gasteiger partial charge is 0.481 e. The zero-order valence-electron chi connectivity index (χ0n) is 16.6. The van der Waals surface area contributed by atoms with Crippen LogP contribution >= 0.6 is 0 Å². The molecule has 26 heavy (non-hydrogen) atoms. The van der Waals surface area contributed by atoms with Crippen LogP contribution in [0.3, 0.4) is 0 Å². The topological polar surface area (TPSA) is 102 Å². The lowest BCUT2D eigenvalue weighted by Gasteiger charge is -2.26. The van der Waals surface area contributed by atoms with Gasteiger partial charge in [-0.2, -0.15) is 0 Å². The highest BCUT2D eigenvalue weighted by atomic mass is 19.1. The Balaban J connectivity index is 5.04. The second-order valence-corrected chi connectivity index (χ2v) is 8.18. The van der Waals surface area contributed by atoms with E-state index in [1.54, 1.807) is 41.5 Å². The van der Waals surface area contributed by atoms with Crippen LogP contribution in [0.25, 0.3) is 0 Å². The molecule has 2 unspecified atom stereocenters. The molecule has 0 spiro atoms. The maximum atomic E-state index is 12.4. The lowest BCUT2D eigenvalue weighted by atomic mass is 9.95. The minimum atomic E-state index is -1.06. The third kappa shape index (κ3) is 11.7. The Morgan fingerprint density at radius 2 is 1.50 bits per heavy atom. The maximum absolute atomic E-state index is 12.4. The molecule has 0 aliphatic carbocycles. The predicted molar refractivity (Wildman–Crippen MR) is 94.6 cm³/mol. The molecular formula is C18H32FNO6. The molecular weight excluding hydrogens is 345 g/mol. The van der Waals surface area contributed by atoms with Crippen LogP contribution in [0.1, 0.15) is 67.2 Å². The molecule has 0 radical (unpaired) electrons. The first kappa shape index (κ1) is 24.1. The number of carboxylic acids is 1. The van der Waals surface area contributed by atoms with Crippen molar-refractivity contribution in [3.63, 3.8) is 0 Å². The molecule has 0 rings (SSSR count). The number of amides is 1. The molecule has 0 fully saturated rings. The number of esters is 1. The van der Waals surface area contributed by atoms with E-state index in [1.165, 1.54) is 0 Å². The SMILES string of the molecule is CC(C)(C)OC(=O)NC(CCC(CCCF)C(=O)O)C(=O)OC(C)(C)C. The number of hydrogen-bond donors (Lipinski definition) is 2. The van der Waals surface area contributed by atoms with Gasteiger partial charge in [0.25, 0.3) is 0 Å². The van der Waals surface area contributed by atoms with E-state index in [1.807, 2.05) is 0 Å². The van der Waals surface area contributed by atoms with Crippen molar-refractivity contribution in [2.75, 3.05) is 6.67 Å². The van der Waals surface area contributed by atoms with Crippen LogP contribution in [0, 0.1) is 5.92 Å². The Kier molecular flexibility index (Phi) is 9.59. The number of carbonyl (C=O) groups excluding carboxylic acids is 2. The average Bonchev–Trinajstić information content (AvgIpc) is 2.41. The number of alkyl carbamates (subject to hydrolysis) is 1. The lowest BCUT2D eigenvalue weighted by Crippen LogP contribution is -2.46. The fourth-order valence-electron chi connectivity index (χ4n) is 2.15. The average molecular weight is 377 g/mol. The van der Waals surface area contributed by atoms with Crippen LogP contribution in [0.4, 0.5) is 9.18 Å². The molecule has 0 aliphatic rings. The molecule has 2 N–H and O–H groups in total. The highest BCUT2D eigenvalue weighted by Crippen LogP contribution is 2.18. The first-order valence-electron chi connectivity index (χ1n) is 8.76. The Hall–Kier alpha value is -1.86. The molecule has 152 valence electrons. The van der Waals surface area contributed by atoms with Gasteiger partial charge in [0.05, 0.1) is 12.6 Å². The van der Waals surface area contributed by atoms with E-state index in [2.05, 4.69) is 5.32 Å². The van der Waals surface area contributed by atoms with Gasteiger partial charge in [-0.15, -0.1) is 0 Å². The molecule has 0 aromatic carbocycles. The van der Waals surface area contributed by atoms with Crippen molar-refractivity contribution in [1.29, 1.82) is 0 Å². The first-order valence-corrected chi connectivity index (χ1v) is 8.76. The van der Waals surface area contributed by atoms with Gasteiger partial charge in [0.15, 0.2) is 0 Å². The van der Waals surface area contributed by atoms with Crippen molar-refractivity contribution in [2.24, 2.45) is 5.92 Å². The van der Waals surface area contributed by atoms with Crippen LogP contribution in [0.15, 0.2) is 0 Å². The number of nitrogens with one attached hydrogen (secondary N) is 1. The zero-order chi connectivity index (χ0) is 20.5. The number of carbonyl (C=O) groups is 3. The maximum Gasteiger partial charge on any atom is 0.408 e. The molecule has 8 heteroatoms. The lowest BCUT2D eigenvalue weighted by molar-refractivity contribution is -0.158. The summed E-state index contributed by atoms with van der Waals surface area (Å²) in [5.41, 5.74) is -1.50. The van der Waals surface area contributed by atoms with Crippen molar-refractivity contribution in [1.82, 2.24) is 5.32 Å². The third-order valence-electron chi connectivity index (χ3n) is 3.22. The van der Waals surface area contributed by atoms with E-state index in [-0.39, 0.29) is 25.7 Å². The summed E-state index contributed by atoms with van der Waals surface area (Å²) in [5.74, 6) is -2.52. The fourth-order valence-corrected chi connectivity index (χ4v) is 2.15. The summed E-state index contributed by atoms with van der Waals surface area (Å²) in [7, 11) is 0. The number of carboxylic acid groups (broad SMARTS) is 1. The van der Waals surface area contributed by atoms with E-state index in [0.29, 0.717) is 0 Å². The van der Waals surface area contributed by atoms with Crippen molar-refractivity contribution in [3.8, 4) is 0 Å². The van der Waals surface area contributed by atoms with Crippen molar-refractivity contribution < 1.29 is 33.4 Å². The second kappa shape index (κ2) is 10.3. The van der Waals surface area contributed by atoms with E-state index in [9.17, 15) is 23.9 Å². The van der Waals surface area contributed by atoms with Gasteiger partial charge in [-0.05, 0) is 67.2 Å². The van der Waals surface area contributed by atoms with Crippen LogP contribution in [-0.2, 0) is 19.1 Å². The standard InChI is InChI=1S/C18H32FNO6/c1-17(2,3)25-15(23)13(20-16(24)26-18(4,5)6)10-9-12(14(21)22)8-7-11-19/h12-13H,7-11H2,1-6H3,(H,20,24)(H,21,22). The summed E-state index contributed by atoms with van der Waals surface area (Å²) >= 11 is 0. The molecule has 0 aromatic heterocycles. The van der Waals surface area contributed by atoms with Gasteiger partial charge in [-0.25, -0.2) is 9.59 Å². The van der Waals surface area contributed by atoms with Crippen molar-refractivity contribution in [2.45, 2.75) is 84.5 Å². The number of aliphatic carboxylic acids is 1. The van der Waals surface area contributed by atoms with Crippen LogP contribution in [0.5, 0.6) is 0 Å². The third-order valence-corrected chi connectivity index (χ3v) is 3.22. The van der Waals surface area contributed by atoms with E-state index in [0.717, 1.165) is 0 Å². The number of halogens is 1. The first-order chi connectivity index (χ1) is 11.7. The smallest absolute Gasteiger partial charge is 0.408 e. The Labute approximate surface area is 154 Å². The number of alkyl halides is 1. The van der Waals surface area contributed by atoms with Gasteiger partial charge < -0.3 is 19.9 Å². The van der Waals surface area contributed by atoms with Crippen LogP contribution in [0.2, 0.25) is 0 Å². The van der Waals surface area contributed by atoms with Gasteiger partial charge in [0.2, 0.25) is 0 Å². The second-order valence-electron chi connectivity index (χ2n) is 8.18. The Morgan fingerprint density at radius 1 is 0.962 bits per heavy atom. The quantitative estimate of drug-likeness (QED) is 0.597. The molecule has 7 nitrogen and oxygen atoms in total. The van der Waals surface area contributed by atoms with Gasteiger partial charge in [-0.3, -0.25) is 9.18 Å². The summed E-state index contributed by atoms with van der Waals surface area (Å²) in [5, 5.41) is 11.7. The molecule has 0 bridgehead atoms. The highest BCUT2D eigenvalue weighted by Gasteiger charge is 2.30. The van der Waals surface area contributed by atoms with Gasteiger partial charge in [0.1, 0.15) is 17.2 Å².